The van der Waals surface area contributed by atoms with Gasteiger partial charge in [0.1, 0.15) is 18.5 Å². The molecule has 2 atom stereocenters. The monoisotopic (exact) mass is 297 g/mol. The topological polar surface area (TPSA) is 71.0 Å². The molecule has 1 aromatic carbocycles. The highest BCUT2D eigenvalue weighted by Crippen LogP contribution is 2.11. The van der Waals surface area contributed by atoms with Crippen LogP contribution in [-0.2, 0) is 4.74 Å². The first-order valence-electron chi connectivity index (χ1n) is 7.22. The van der Waals surface area contributed by atoms with Gasteiger partial charge in [-0.2, -0.15) is 0 Å². The molecule has 0 aliphatic carbocycles. The van der Waals surface area contributed by atoms with Gasteiger partial charge in [-0.05, 0) is 26.0 Å². The zero-order valence-corrected chi connectivity index (χ0v) is 13.1. The number of nitrogens with one attached hydrogen (secondary N) is 1. The predicted molar refractivity (Wildman–Crippen MR) is 82.7 cm³/mol. The molecular weight excluding hydrogens is 270 g/mol. The van der Waals surface area contributed by atoms with Gasteiger partial charge < -0.3 is 25.0 Å². The van der Waals surface area contributed by atoms with Gasteiger partial charge in [0.05, 0.1) is 5.60 Å². The van der Waals surface area contributed by atoms with Gasteiger partial charge in [-0.3, -0.25) is 0 Å². The third-order valence-electron chi connectivity index (χ3n) is 3.19. The first kappa shape index (κ1) is 17.9. The van der Waals surface area contributed by atoms with E-state index in [2.05, 4.69) is 5.32 Å². The SMILES string of the molecule is COCCC(C)(O)CNCC(O)COc1ccc(C)cc1. The highest BCUT2D eigenvalue weighted by atomic mass is 16.5. The van der Waals surface area contributed by atoms with E-state index in [1.54, 1.807) is 14.0 Å². The van der Waals surface area contributed by atoms with Crippen LogP contribution in [0.5, 0.6) is 5.75 Å². The summed E-state index contributed by atoms with van der Waals surface area (Å²) in [5, 5.41) is 22.9. The Bertz CT molecular complexity index is 392. The molecule has 21 heavy (non-hydrogen) atoms. The second-order valence-electron chi connectivity index (χ2n) is 5.65. The van der Waals surface area contributed by atoms with Crippen molar-refractivity contribution in [1.82, 2.24) is 5.32 Å². The van der Waals surface area contributed by atoms with Crippen LogP contribution in [0.25, 0.3) is 0 Å². The fourth-order valence-electron chi connectivity index (χ4n) is 1.80. The number of aliphatic hydroxyl groups is 2. The summed E-state index contributed by atoms with van der Waals surface area (Å²) in [4.78, 5) is 0. The van der Waals surface area contributed by atoms with Gasteiger partial charge >= 0.3 is 0 Å². The molecule has 2 unspecified atom stereocenters. The fraction of sp³-hybridized carbons (Fsp3) is 0.625. The summed E-state index contributed by atoms with van der Waals surface area (Å²) in [6.07, 6.45) is -0.0727. The number of ether oxygens (including phenoxy) is 2. The van der Waals surface area contributed by atoms with Gasteiger partial charge in [-0.15, -0.1) is 0 Å². The number of aryl methyl sites for hydroxylation is 1. The average Bonchev–Trinajstić information content (AvgIpc) is 2.44. The molecule has 0 saturated heterocycles. The molecule has 3 N–H and O–H groups in total. The van der Waals surface area contributed by atoms with Crippen LogP contribution in [0.3, 0.4) is 0 Å². The van der Waals surface area contributed by atoms with Crippen molar-refractivity contribution < 1.29 is 19.7 Å². The van der Waals surface area contributed by atoms with Crippen LogP contribution in [0.4, 0.5) is 0 Å². The largest absolute Gasteiger partial charge is 0.491 e. The van der Waals surface area contributed by atoms with Crippen molar-refractivity contribution in [2.75, 3.05) is 33.4 Å². The molecular formula is C16H27NO4. The summed E-state index contributed by atoms with van der Waals surface area (Å²) in [5.74, 6) is 0.742. The van der Waals surface area contributed by atoms with Crippen molar-refractivity contribution >= 4 is 0 Å². The van der Waals surface area contributed by atoms with E-state index in [4.69, 9.17) is 9.47 Å². The maximum Gasteiger partial charge on any atom is 0.119 e. The predicted octanol–water partition coefficient (Wildman–Crippen LogP) is 1.11. The molecule has 0 amide bonds. The molecule has 120 valence electrons. The zero-order chi connectivity index (χ0) is 15.7. The first-order valence-corrected chi connectivity index (χ1v) is 7.22. The molecule has 5 heteroatoms. The van der Waals surface area contributed by atoms with Crippen LogP contribution < -0.4 is 10.1 Å². The first-order chi connectivity index (χ1) is 9.93. The van der Waals surface area contributed by atoms with E-state index in [0.29, 0.717) is 26.1 Å². The van der Waals surface area contributed by atoms with Crippen molar-refractivity contribution in [1.29, 1.82) is 0 Å². The third-order valence-corrected chi connectivity index (χ3v) is 3.19. The van der Waals surface area contributed by atoms with Crippen LogP contribution in [0.1, 0.15) is 18.9 Å². The quantitative estimate of drug-likeness (QED) is 0.603. The van der Waals surface area contributed by atoms with E-state index in [1.807, 2.05) is 31.2 Å². The summed E-state index contributed by atoms with van der Waals surface area (Å²) in [5.41, 5.74) is 0.330. The van der Waals surface area contributed by atoms with Crippen LogP contribution >= 0.6 is 0 Å². The van der Waals surface area contributed by atoms with Crippen molar-refractivity contribution in [2.24, 2.45) is 0 Å². The molecule has 0 fully saturated rings. The molecule has 0 aromatic heterocycles. The van der Waals surface area contributed by atoms with E-state index in [-0.39, 0.29) is 6.61 Å². The molecule has 5 nitrogen and oxygen atoms in total. The average molecular weight is 297 g/mol. The molecule has 1 aromatic rings. The number of benzene rings is 1. The Labute approximate surface area is 126 Å². The smallest absolute Gasteiger partial charge is 0.119 e. The minimum Gasteiger partial charge on any atom is -0.491 e. The maximum absolute atomic E-state index is 10.0. The van der Waals surface area contributed by atoms with E-state index in [1.165, 1.54) is 5.56 Å². The van der Waals surface area contributed by atoms with E-state index in [0.717, 1.165) is 5.75 Å². The van der Waals surface area contributed by atoms with E-state index in [9.17, 15) is 10.2 Å². The third kappa shape index (κ3) is 8.02. The highest BCUT2D eigenvalue weighted by Gasteiger charge is 2.19. The molecule has 0 bridgehead atoms. The molecule has 0 saturated carbocycles. The number of hydrogen-bond donors (Lipinski definition) is 3. The molecule has 0 aliphatic rings. The van der Waals surface area contributed by atoms with Crippen molar-refractivity contribution in [3.63, 3.8) is 0 Å². The lowest BCUT2D eigenvalue weighted by molar-refractivity contribution is 0.0208. The van der Waals surface area contributed by atoms with Gasteiger partial charge in [-0.1, -0.05) is 17.7 Å². The van der Waals surface area contributed by atoms with Crippen LogP contribution in [0, 0.1) is 6.92 Å². The summed E-state index contributed by atoms with van der Waals surface area (Å²) in [6.45, 7) is 5.25. The minimum atomic E-state index is -0.840. The Kier molecular flexibility index (Phi) is 7.67. The Morgan fingerprint density at radius 2 is 1.95 bits per heavy atom. The van der Waals surface area contributed by atoms with E-state index < -0.39 is 11.7 Å². The standard InChI is InChI=1S/C16H27NO4/c1-13-4-6-15(7-5-13)21-11-14(18)10-17-12-16(2,19)8-9-20-3/h4-7,14,17-19H,8-12H2,1-3H3. The second-order valence-corrected chi connectivity index (χ2v) is 5.65. The van der Waals surface area contributed by atoms with Crippen LogP contribution in [0.15, 0.2) is 24.3 Å². The lowest BCUT2D eigenvalue weighted by Gasteiger charge is -2.24. The zero-order valence-electron chi connectivity index (χ0n) is 13.1. The molecule has 0 radical (unpaired) electrons. The molecule has 0 aliphatic heterocycles. The van der Waals surface area contributed by atoms with Gasteiger partial charge in [-0.25, -0.2) is 0 Å². The summed E-state index contributed by atoms with van der Waals surface area (Å²) in [7, 11) is 1.61. The molecule has 0 spiro atoms. The van der Waals surface area contributed by atoms with Crippen molar-refractivity contribution in [3.8, 4) is 5.75 Å². The van der Waals surface area contributed by atoms with E-state index >= 15 is 0 Å². The number of aliphatic hydroxyl groups excluding tert-OH is 1. The fourth-order valence-corrected chi connectivity index (χ4v) is 1.80. The van der Waals surface area contributed by atoms with Crippen LogP contribution in [-0.4, -0.2) is 55.3 Å². The Balaban J connectivity index is 2.19. The van der Waals surface area contributed by atoms with Crippen molar-refractivity contribution in [2.45, 2.75) is 32.0 Å². The number of rotatable bonds is 10. The Morgan fingerprint density at radius 3 is 2.57 bits per heavy atom. The highest BCUT2D eigenvalue weighted by molar-refractivity contribution is 5.26. The second kappa shape index (κ2) is 9.00. The van der Waals surface area contributed by atoms with Gasteiger partial charge in [0.15, 0.2) is 0 Å². The number of hydrogen-bond acceptors (Lipinski definition) is 5. The van der Waals surface area contributed by atoms with Gasteiger partial charge in [0.2, 0.25) is 0 Å². The maximum atomic E-state index is 10.0. The lowest BCUT2D eigenvalue weighted by Crippen LogP contribution is -2.42. The summed E-state index contributed by atoms with van der Waals surface area (Å²) < 4.78 is 10.4. The normalized spacial score (nSPS) is 15.5. The summed E-state index contributed by atoms with van der Waals surface area (Å²) in [6, 6.07) is 7.69. The lowest BCUT2D eigenvalue weighted by atomic mass is 10.0. The van der Waals surface area contributed by atoms with Gasteiger partial charge in [0, 0.05) is 33.2 Å². The van der Waals surface area contributed by atoms with Gasteiger partial charge in [0.25, 0.3) is 0 Å². The molecule has 0 heterocycles. The Morgan fingerprint density at radius 1 is 1.29 bits per heavy atom. The minimum absolute atomic E-state index is 0.219. The molecule has 1 rings (SSSR count). The number of methoxy groups -OCH3 is 1. The summed E-state index contributed by atoms with van der Waals surface area (Å²) >= 11 is 0. The van der Waals surface area contributed by atoms with Crippen LogP contribution in [0.2, 0.25) is 0 Å². The Hall–Kier alpha value is -1.14. The van der Waals surface area contributed by atoms with Crippen molar-refractivity contribution in [3.05, 3.63) is 29.8 Å².